The molecule has 6 heteroatoms. The molecule has 1 unspecified atom stereocenters. The summed E-state index contributed by atoms with van der Waals surface area (Å²) in [6.07, 6.45) is 9.19. The number of ether oxygens (including phenoxy) is 1. The van der Waals surface area contributed by atoms with E-state index >= 15 is 0 Å². The molecule has 6 nitrogen and oxygen atoms in total. The lowest BCUT2D eigenvalue weighted by molar-refractivity contribution is 0.0853. The molecule has 0 bridgehead atoms. The first-order valence-corrected chi connectivity index (χ1v) is 7.80. The lowest BCUT2D eigenvalue weighted by Gasteiger charge is -2.27. The number of piperidine rings is 1. The van der Waals surface area contributed by atoms with Crippen molar-refractivity contribution in [2.45, 2.75) is 38.2 Å². The summed E-state index contributed by atoms with van der Waals surface area (Å²) in [5.74, 6) is 0.688. The van der Waals surface area contributed by atoms with Crippen molar-refractivity contribution in [3.63, 3.8) is 0 Å². The van der Waals surface area contributed by atoms with Crippen molar-refractivity contribution in [1.29, 1.82) is 0 Å². The van der Waals surface area contributed by atoms with Gasteiger partial charge in [0.25, 0.3) is 5.91 Å². The number of anilines is 1. The fourth-order valence-electron chi connectivity index (χ4n) is 2.83. The van der Waals surface area contributed by atoms with Crippen molar-refractivity contribution in [1.82, 2.24) is 15.3 Å². The van der Waals surface area contributed by atoms with Gasteiger partial charge in [0.05, 0.1) is 18.5 Å². The van der Waals surface area contributed by atoms with Crippen LogP contribution in [0.15, 0.2) is 12.4 Å². The minimum absolute atomic E-state index is 0.148. The largest absolute Gasteiger partial charge is 0.376 e. The van der Waals surface area contributed by atoms with Crippen molar-refractivity contribution in [3.8, 4) is 0 Å². The predicted octanol–water partition coefficient (Wildman–Crippen LogP) is 1.38. The molecule has 1 aromatic rings. The van der Waals surface area contributed by atoms with Gasteiger partial charge in [-0.3, -0.25) is 4.79 Å². The van der Waals surface area contributed by atoms with Crippen LogP contribution in [0.3, 0.4) is 0 Å². The van der Waals surface area contributed by atoms with Gasteiger partial charge >= 0.3 is 0 Å². The molecule has 2 aliphatic heterocycles. The van der Waals surface area contributed by atoms with Crippen LogP contribution in [-0.2, 0) is 4.74 Å². The summed E-state index contributed by atoms with van der Waals surface area (Å²) in [4.78, 5) is 22.8. The van der Waals surface area contributed by atoms with Gasteiger partial charge in [-0.05, 0) is 32.1 Å². The zero-order chi connectivity index (χ0) is 14.5. The van der Waals surface area contributed by atoms with Crippen LogP contribution in [0.5, 0.6) is 0 Å². The summed E-state index contributed by atoms with van der Waals surface area (Å²) in [5, 5.41) is 2.86. The summed E-state index contributed by atoms with van der Waals surface area (Å²) in [6, 6.07) is 0. The SMILES string of the molecule is O=C(NCC1CCCO1)c1cnc(N2CCCCC2)cn1. The standard InChI is InChI=1S/C15H22N4O2/c20-15(18-9-12-5-4-8-21-12)13-10-17-14(11-16-13)19-6-2-1-3-7-19/h10-12H,1-9H2,(H,18,20). The van der Waals surface area contributed by atoms with Gasteiger partial charge in [-0.2, -0.15) is 0 Å². The van der Waals surface area contributed by atoms with E-state index in [9.17, 15) is 4.79 Å². The minimum atomic E-state index is -0.178. The summed E-state index contributed by atoms with van der Waals surface area (Å²) in [5.41, 5.74) is 0.369. The summed E-state index contributed by atoms with van der Waals surface area (Å²) in [6.45, 7) is 3.40. The molecule has 0 aliphatic carbocycles. The smallest absolute Gasteiger partial charge is 0.271 e. The van der Waals surface area contributed by atoms with E-state index in [1.165, 1.54) is 19.3 Å². The van der Waals surface area contributed by atoms with Crippen LogP contribution in [-0.4, -0.2) is 48.2 Å². The topological polar surface area (TPSA) is 67.3 Å². The Bertz CT molecular complexity index is 465. The predicted molar refractivity (Wildman–Crippen MR) is 79.4 cm³/mol. The molecule has 1 atom stereocenters. The number of rotatable bonds is 4. The molecule has 0 saturated carbocycles. The van der Waals surface area contributed by atoms with Crippen LogP contribution in [0.1, 0.15) is 42.6 Å². The van der Waals surface area contributed by atoms with Gasteiger partial charge in [-0.15, -0.1) is 0 Å². The fourth-order valence-corrected chi connectivity index (χ4v) is 2.83. The van der Waals surface area contributed by atoms with Gasteiger partial charge in [-0.25, -0.2) is 9.97 Å². The molecule has 2 fully saturated rings. The number of hydrogen-bond donors (Lipinski definition) is 1. The maximum atomic E-state index is 12.0. The third-order valence-electron chi connectivity index (χ3n) is 4.07. The van der Waals surface area contributed by atoms with E-state index in [0.717, 1.165) is 38.4 Å². The Hall–Kier alpha value is -1.69. The maximum absolute atomic E-state index is 12.0. The Morgan fingerprint density at radius 3 is 2.76 bits per heavy atom. The number of carbonyl (C=O) groups excluding carboxylic acids is 1. The molecule has 3 heterocycles. The van der Waals surface area contributed by atoms with Crippen LogP contribution >= 0.6 is 0 Å². The van der Waals surface area contributed by atoms with E-state index in [0.29, 0.717) is 12.2 Å². The highest BCUT2D eigenvalue weighted by molar-refractivity contribution is 5.92. The minimum Gasteiger partial charge on any atom is -0.376 e. The highest BCUT2D eigenvalue weighted by Crippen LogP contribution is 2.16. The summed E-state index contributed by atoms with van der Waals surface area (Å²) >= 11 is 0. The highest BCUT2D eigenvalue weighted by Gasteiger charge is 2.18. The third-order valence-corrected chi connectivity index (χ3v) is 4.07. The fraction of sp³-hybridized carbons (Fsp3) is 0.667. The van der Waals surface area contributed by atoms with Crippen LogP contribution in [0.2, 0.25) is 0 Å². The third kappa shape index (κ3) is 3.69. The lowest BCUT2D eigenvalue weighted by atomic mass is 10.1. The quantitative estimate of drug-likeness (QED) is 0.907. The second-order valence-corrected chi connectivity index (χ2v) is 5.65. The van der Waals surface area contributed by atoms with Gasteiger partial charge in [0.2, 0.25) is 0 Å². The van der Waals surface area contributed by atoms with Crippen LogP contribution in [0.25, 0.3) is 0 Å². The molecule has 114 valence electrons. The van der Waals surface area contributed by atoms with Crippen molar-refractivity contribution in [3.05, 3.63) is 18.1 Å². The van der Waals surface area contributed by atoms with Crippen LogP contribution in [0.4, 0.5) is 5.82 Å². The number of nitrogens with zero attached hydrogens (tertiary/aromatic N) is 3. The Morgan fingerprint density at radius 2 is 2.10 bits per heavy atom. The van der Waals surface area contributed by atoms with E-state index < -0.39 is 0 Å². The zero-order valence-electron chi connectivity index (χ0n) is 12.3. The molecule has 0 aromatic carbocycles. The monoisotopic (exact) mass is 290 g/mol. The molecule has 2 saturated heterocycles. The first-order valence-electron chi connectivity index (χ1n) is 7.80. The molecule has 1 aromatic heterocycles. The van der Waals surface area contributed by atoms with E-state index in [4.69, 9.17) is 4.74 Å². The van der Waals surface area contributed by atoms with E-state index in [1.54, 1.807) is 12.4 Å². The molecule has 0 radical (unpaired) electrons. The zero-order valence-corrected chi connectivity index (χ0v) is 12.3. The molecular formula is C15H22N4O2. The van der Waals surface area contributed by atoms with Gasteiger partial charge in [0, 0.05) is 26.2 Å². The maximum Gasteiger partial charge on any atom is 0.271 e. The Morgan fingerprint density at radius 1 is 1.24 bits per heavy atom. The number of aromatic nitrogens is 2. The van der Waals surface area contributed by atoms with Crippen molar-refractivity contribution < 1.29 is 9.53 Å². The van der Waals surface area contributed by atoms with Crippen molar-refractivity contribution >= 4 is 11.7 Å². The Kier molecular flexibility index (Phi) is 4.65. The van der Waals surface area contributed by atoms with Gasteiger partial charge < -0.3 is 15.0 Å². The molecule has 1 amide bonds. The van der Waals surface area contributed by atoms with Crippen molar-refractivity contribution in [2.75, 3.05) is 31.1 Å². The van der Waals surface area contributed by atoms with E-state index in [1.807, 2.05) is 0 Å². The number of hydrogen-bond acceptors (Lipinski definition) is 5. The van der Waals surface area contributed by atoms with Crippen LogP contribution < -0.4 is 10.2 Å². The first kappa shape index (κ1) is 14.3. The second-order valence-electron chi connectivity index (χ2n) is 5.65. The number of carbonyl (C=O) groups is 1. The highest BCUT2D eigenvalue weighted by atomic mass is 16.5. The molecule has 3 rings (SSSR count). The van der Waals surface area contributed by atoms with Gasteiger partial charge in [-0.1, -0.05) is 0 Å². The molecular weight excluding hydrogens is 268 g/mol. The Balaban J connectivity index is 1.54. The van der Waals surface area contributed by atoms with Gasteiger partial charge in [0.15, 0.2) is 0 Å². The normalized spacial score (nSPS) is 22.3. The second kappa shape index (κ2) is 6.85. The molecule has 0 spiro atoms. The molecule has 21 heavy (non-hydrogen) atoms. The number of amides is 1. The van der Waals surface area contributed by atoms with Gasteiger partial charge in [0.1, 0.15) is 11.5 Å². The average Bonchev–Trinajstić information content (AvgIpc) is 3.07. The van der Waals surface area contributed by atoms with Crippen molar-refractivity contribution in [2.24, 2.45) is 0 Å². The molecule has 2 aliphatic rings. The first-order chi connectivity index (χ1) is 10.3. The molecule has 1 N–H and O–H groups in total. The number of nitrogens with one attached hydrogen (secondary N) is 1. The van der Waals surface area contributed by atoms with Crippen LogP contribution in [0, 0.1) is 0 Å². The Labute approximate surface area is 124 Å². The summed E-state index contributed by atoms with van der Waals surface area (Å²) < 4.78 is 5.48. The average molecular weight is 290 g/mol. The lowest BCUT2D eigenvalue weighted by Crippen LogP contribution is -2.33. The van der Waals surface area contributed by atoms with E-state index in [2.05, 4.69) is 20.2 Å². The van der Waals surface area contributed by atoms with E-state index in [-0.39, 0.29) is 12.0 Å². The summed E-state index contributed by atoms with van der Waals surface area (Å²) in [7, 11) is 0.